The number of rotatable bonds is 2. The van der Waals surface area contributed by atoms with Crippen LogP contribution >= 0.6 is 23.2 Å². The van der Waals surface area contributed by atoms with Crippen molar-refractivity contribution in [3.63, 3.8) is 0 Å². The molecule has 10 heteroatoms. The Hall–Kier alpha value is -1.80. The topological polar surface area (TPSA) is 73.4 Å². The molecule has 2 aromatic rings. The van der Waals surface area contributed by atoms with Crippen LogP contribution in [0.15, 0.2) is 33.2 Å². The van der Waals surface area contributed by atoms with Crippen molar-refractivity contribution in [1.82, 2.24) is 10.2 Å². The van der Waals surface area contributed by atoms with Crippen LogP contribution in [0.4, 0.5) is 24.5 Å². The average molecular weight is 325 g/mol. The van der Waals surface area contributed by atoms with Crippen LogP contribution < -0.4 is 5.56 Å². The van der Waals surface area contributed by atoms with E-state index in [2.05, 4.69) is 10.2 Å². The van der Waals surface area contributed by atoms with Gasteiger partial charge >= 0.3 is 6.18 Å². The lowest BCUT2D eigenvalue weighted by Crippen LogP contribution is -2.06. The van der Waals surface area contributed by atoms with Gasteiger partial charge < -0.3 is 0 Å². The number of hydrogen-bond donors (Lipinski definition) is 2. The maximum absolute atomic E-state index is 12.6. The number of aromatic amines is 2. The van der Waals surface area contributed by atoms with Crippen molar-refractivity contribution in [2.24, 2.45) is 10.2 Å². The van der Waals surface area contributed by atoms with Gasteiger partial charge in [-0.2, -0.15) is 13.2 Å². The van der Waals surface area contributed by atoms with Gasteiger partial charge in [-0.15, -0.1) is 10.2 Å². The molecule has 0 fully saturated rings. The molecule has 0 radical (unpaired) electrons. The summed E-state index contributed by atoms with van der Waals surface area (Å²) >= 11 is 11.5. The number of hydrogen-bond acceptors (Lipinski definition) is 3. The van der Waals surface area contributed by atoms with Gasteiger partial charge in [-0.3, -0.25) is 15.0 Å². The predicted molar refractivity (Wildman–Crippen MR) is 67.1 cm³/mol. The van der Waals surface area contributed by atoms with Crippen molar-refractivity contribution < 1.29 is 13.2 Å². The number of azo groups is 1. The zero-order valence-corrected chi connectivity index (χ0v) is 10.9. The van der Waals surface area contributed by atoms with E-state index in [1.54, 1.807) is 10.2 Å². The van der Waals surface area contributed by atoms with Gasteiger partial charge in [0.1, 0.15) is 5.69 Å². The third-order valence-electron chi connectivity index (χ3n) is 2.20. The molecule has 5 nitrogen and oxygen atoms in total. The third kappa shape index (κ3) is 3.02. The normalized spacial score (nSPS) is 12.2. The van der Waals surface area contributed by atoms with Crippen molar-refractivity contribution in [2.45, 2.75) is 6.18 Å². The van der Waals surface area contributed by atoms with Gasteiger partial charge in [-0.1, -0.05) is 23.2 Å². The number of aromatic nitrogens is 2. The van der Waals surface area contributed by atoms with Crippen LogP contribution in [0.5, 0.6) is 0 Å². The quantitative estimate of drug-likeness (QED) is 0.787. The summed E-state index contributed by atoms with van der Waals surface area (Å²) in [5, 5.41) is 10.7. The molecule has 0 saturated carbocycles. The molecule has 1 heterocycles. The number of benzene rings is 1. The number of nitrogens with zero attached hydrogens (tertiary/aromatic N) is 2. The largest absolute Gasteiger partial charge is 0.435 e. The molecule has 0 aliphatic rings. The first-order valence-corrected chi connectivity index (χ1v) is 5.79. The number of halogens is 5. The van der Waals surface area contributed by atoms with E-state index in [4.69, 9.17) is 23.2 Å². The molecule has 0 saturated heterocycles. The molecule has 1 aromatic heterocycles. The Labute approximate surface area is 119 Å². The molecule has 0 spiro atoms. The molecular formula is C10H5Cl2F3N4O. The number of H-pyrrole nitrogens is 2. The van der Waals surface area contributed by atoms with E-state index in [0.717, 1.165) is 0 Å². The minimum Gasteiger partial charge on any atom is -0.292 e. The summed E-state index contributed by atoms with van der Waals surface area (Å²) in [6.07, 6.45) is -4.76. The van der Waals surface area contributed by atoms with Crippen LogP contribution in [0.25, 0.3) is 0 Å². The van der Waals surface area contributed by atoms with E-state index in [-0.39, 0.29) is 15.7 Å². The van der Waals surface area contributed by atoms with Crippen LogP contribution in [0.2, 0.25) is 10.0 Å². The van der Waals surface area contributed by atoms with Gasteiger partial charge in [0, 0.05) is 5.02 Å². The van der Waals surface area contributed by atoms with E-state index in [1.807, 2.05) is 0 Å². The Balaban J connectivity index is 2.45. The Kier molecular flexibility index (Phi) is 3.87. The number of nitrogens with one attached hydrogen (secondary N) is 2. The summed E-state index contributed by atoms with van der Waals surface area (Å²) in [4.78, 5) is 11.3. The Morgan fingerprint density at radius 1 is 1.10 bits per heavy atom. The molecule has 106 valence electrons. The van der Waals surface area contributed by atoms with E-state index in [9.17, 15) is 18.0 Å². The van der Waals surface area contributed by atoms with Gasteiger partial charge in [0.15, 0.2) is 11.4 Å². The molecule has 0 aliphatic heterocycles. The monoisotopic (exact) mass is 324 g/mol. The van der Waals surface area contributed by atoms with Crippen molar-refractivity contribution >= 4 is 34.6 Å². The minimum atomic E-state index is -4.76. The fourth-order valence-electron chi connectivity index (χ4n) is 1.32. The minimum absolute atomic E-state index is 0.0490. The Morgan fingerprint density at radius 3 is 2.45 bits per heavy atom. The molecular weight excluding hydrogens is 320 g/mol. The van der Waals surface area contributed by atoms with Crippen molar-refractivity contribution in [3.05, 3.63) is 44.3 Å². The second kappa shape index (κ2) is 5.29. The zero-order valence-electron chi connectivity index (χ0n) is 9.42. The second-order valence-corrected chi connectivity index (χ2v) is 4.44. The Bertz CT molecular complexity index is 720. The highest BCUT2D eigenvalue weighted by molar-refractivity contribution is 6.35. The maximum atomic E-state index is 12.6. The van der Waals surface area contributed by atoms with Crippen LogP contribution in [0.3, 0.4) is 0 Å². The van der Waals surface area contributed by atoms with Gasteiger partial charge in [-0.25, -0.2) is 0 Å². The molecule has 0 aliphatic carbocycles. The molecule has 1 aromatic carbocycles. The fraction of sp³-hybridized carbons (Fsp3) is 0.100. The first-order valence-electron chi connectivity index (χ1n) is 5.03. The van der Waals surface area contributed by atoms with Crippen LogP contribution in [0, 0.1) is 0 Å². The first-order chi connectivity index (χ1) is 9.29. The lowest BCUT2D eigenvalue weighted by atomic mass is 10.3. The summed E-state index contributed by atoms with van der Waals surface area (Å²) in [6, 6.07) is 4.19. The highest BCUT2D eigenvalue weighted by Crippen LogP contribution is 2.34. The molecule has 0 amide bonds. The van der Waals surface area contributed by atoms with Crippen molar-refractivity contribution in [1.29, 1.82) is 0 Å². The van der Waals surface area contributed by atoms with Crippen molar-refractivity contribution in [3.8, 4) is 0 Å². The van der Waals surface area contributed by atoms with Gasteiger partial charge in [-0.05, 0) is 18.2 Å². The smallest absolute Gasteiger partial charge is 0.292 e. The summed E-state index contributed by atoms with van der Waals surface area (Å²) in [5.41, 5.74) is -3.19. The average Bonchev–Trinajstić information content (AvgIpc) is 2.72. The molecule has 0 atom stereocenters. The molecule has 2 N–H and O–H groups in total. The van der Waals surface area contributed by atoms with Gasteiger partial charge in [0.2, 0.25) is 0 Å². The standard InChI is InChI=1S/C10H5Cl2F3N4O/c11-4-1-2-5(12)6(3-4)16-17-7-8(10(13,14)15)18-19-9(7)20/h1-3H,(H2,18,19,20). The molecule has 2 rings (SSSR count). The van der Waals surface area contributed by atoms with E-state index < -0.39 is 23.1 Å². The van der Waals surface area contributed by atoms with E-state index in [0.29, 0.717) is 0 Å². The zero-order chi connectivity index (χ0) is 14.9. The molecule has 20 heavy (non-hydrogen) atoms. The lowest BCUT2D eigenvalue weighted by molar-refractivity contribution is -0.140. The summed E-state index contributed by atoms with van der Waals surface area (Å²) < 4.78 is 37.8. The third-order valence-corrected chi connectivity index (χ3v) is 2.76. The second-order valence-electron chi connectivity index (χ2n) is 3.60. The first kappa shape index (κ1) is 14.6. The summed E-state index contributed by atoms with van der Waals surface area (Å²) in [7, 11) is 0. The summed E-state index contributed by atoms with van der Waals surface area (Å²) in [5.74, 6) is 0. The Morgan fingerprint density at radius 2 is 1.80 bits per heavy atom. The lowest BCUT2D eigenvalue weighted by Gasteiger charge is -2.02. The fourth-order valence-corrected chi connectivity index (χ4v) is 1.64. The highest BCUT2D eigenvalue weighted by Gasteiger charge is 2.37. The van der Waals surface area contributed by atoms with Gasteiger partial charge in [0.05, 0.1) is 5.02 Å². The highest BCUT2D eigenvalue weighted by atomic mass is 35.5. The molecule has 0 bridgehead atoms. The van der Waals surface area contributed by atoms with Crippen LogP contribution in [-0.2, 0) is 6.18 Å². The SMILES string of the molecule is O=c1[nH][nH]c(C(F)(F)F)c1N=Nc1cc(Cl)ccc1Cl. The van der Waals surface area contributed by atoms with Crippen LogP contribution in [0.1, 0.15) is 5.69 Å². The van der Waals surface area contributed by atoms with Crippen LogP contribution in [-0.4, -0.2) is 10.2 Å². The predicted octanol–water partition coefficient (Wildman–Crippen LogP) is 4.44. The van der Waals surface area contributed by atoms with Gasteiger partial charge in [0.25, 0.3) is 5.56 Å². The number of alkyl halides is 3. The maximum Gasteiger partial charge on any atom is 0.435 e. The van der Waals surface area contributed by atoms with E-state index in [1.165, 1.54) is 18.2 Å². The van der Waals surface area contributed by atoms with E-state index >= 15 is 0 Å². The molecule has 0 unspecified atom stereocenters. The summed E-state index contributed by atoms with van der Waals surface area (Å²) in [6.45, 7) is 0. The van der Waals surface area contributed by atoms with Crippen molar-refractivity contribution in [2.75, 3.05) is 0 Å².